The van der Waals surface area contributed by atoms with E-state index < -0.39 is 55.4 Å². The Balaban J connectivity index is 2.00. The number of hydrogen-bond acceptors (Lipinski definition) is 8. The first-order chi connectivity index (χ1) is 16.3. The molecule has 0 saturated heterocycles. The van der Waals surface area contributed by atoms with Gasteiger partial charge < -0.3 is 5.32 Å². The number of nitrogens with zero attached hydrogens (tertiary/aromatic N) is 2. The lowest BCUT2D eigenvalue weighted by atomic mass is 10.1. The fraction of sp³-hybridized carbons (Fsp3) is 0.143. The third-order valence-corrected chi connectivity index (χ3v) is 6.05. The summed E-state index contributed by atoms with van der Waals surface area (Å²) in [6.45, 7) is 1.19. The van der Waals surface area contributed by atoms with Crippen molar-refractivity contribution in [2.75, 3.05) is 5.32 Å². The number of benzene rings is 3. The zero-order chi connectivity index (χ0) is 26.0. The van der Waals surface area contributed by atoms with Crippen molar-refractivity contribution in [2.24, 2.45) is 0 Å². The predicted octanol–water partition coefficient (Wildman–Crippen LogP) is 5.48. The van der Waals surface area contributed by atoms with Crippen molar-refractivity contribution >= 4 is 32.9 Å². The van der Waals surface area contributed by atoms with Crippen molar-refractivity contribution in [1.82, 2.24) is 0 Å². The van der Waals surface area contributed by atoms with Crippen molar-refractivity contribution in [2.45, 2.75) is 24.6 Å². The lowest BCUT2D eigenvalue weighted by Gasteiger charge is -2.14. The summed E-state index contributed by atoms with van der Waals surface area (Å²) in [5, 5.41) is 25.3. The molecule has 184 valence electrons. The maximum Gasteiger partial charge on any atom is 0.416 e. The highest BCUT2D eigenvalue weighted by Gasteiger charge is 2.37. The molecule has 0 heterocycles. The van der Waals surface area contributed by atoms with Crippen LogP contribution in [0.15, 0.2) is 65.6 Å². The van der Waals surface area contributed by atoms with Crippen LogP contribution < -0.4 is 5.32 Å². The summed E-state index contributed by atoms with van der Waals surface area (Å²) in [5.74, 6) is 0. The standard InChI is InChI=1S/C21H16F3N3O7S/c1-13-6-8-16(9-7-13)35(32,33)34-12-14-4-2-3-5-17(14)25-20-18(26(28)29)10-15(21(22,23)24)11-19(20)27(30)31/h2-11,25H,12H2,1H3. The van der Waals surface area contributed by atoms with Crippen LogP contribution in [0, 0.1) is 27.2 Å². The average molecular weight is 511 g/mol. The van der Waals surface area contributed by atoms with Crippen molar-refractivity contribution < 1.29 is 35.6 Å². The number of hydrogen-bond donors (Lipinski definition) is 1. The Morgan fingerprint density at radius 2 is 1.49 bits per heavy atom. The molecule has 35 heavy (non-hydrogen) atoms. The van der Waals surface area contributed by atoms with E-state index >= 15 is 0 Å². The minimum atomic E-state index is -5.07. The van der Waals surface area contributed by atoms with Gasteiger partial charge in [-0.25, -0.2) is 0 Å². The van der Waals surface area contributed by atoms with Gasteiger partial charge in [-0.2, -0.15) is 21.6 Å². The van der Waals surface area contributed by atoms with E-state index in [0.29, 0.717) is 0 Å². The van der Waals surface area contributed by atoms with Crippen molar-refractivity contribution in [3.05, 3.63) is 97.6 Å². The second-order valence-corrected chi connectivity index (χ2v) is 8.83. The van der Waals surface area contributed by atoms with Crippen LogP contribution in [0.2, 0.25) is 0 Å². The fourth-order valence-electron chi connectivity index (χ4n) is 3.01. The van der Waals surface area contributed by atoms with Crippen LogP contribution >= 0.6 is 0 Å². The molecule has 0 aliphatic carbocycles. The van der Waals surface area contributed by atoms with Crippen LogP contribution in [0.4, 0.5) is 35.9 Å². The van der Waals surface area contributed by atoms with Gasteiger partial charge in [-0.05, 0) is 25.1 Å². The summed E-state index contributed by atoms with van der Waals surface area (Å²) >= 11 is 0. The van der Waals surface area contributed by atoms with Gasteiger partial charge in [-0.15, -0.1) is 0 Å². The number of alkyl halides is 3. The third-order valence-electron chi connectivity index (χ3n) is 4.77. The van der Waals surface area contributed by atoms with Crippen LogP contribution in [-0.2, 0) is 27.1 Å². The average Bonchev–Trinajstić information content (AvgIpc) is 2.77. The normalized spacial score (nSPS) is 11.8. The first kappa shape index (κ1) is 25.6. The van der Waals surface area contributed by atoms with Crippen LogP contribution in [0.25, 0.3) is 0 Å². The van der Waals surface area contributed by atoms with Crippen LogP contribution in [0.1, 0.15) is 16.7 Å². The molecule has 0 saturated carbocycles. The molecule has 3 rings (SSSR count). The molecule has 0 fully saturated rings. The molecule has 3 aromatic rings. The van der Waals surface area contributed by atoms with E-state index in [1.54, 1.807) is 19.1 Å². The zero-order valence-electron chi connectivity index (χ0n) is 17.8. The predicted molar refractivity (Wildman–Crippen MR) is 118 cm³/mol. The molecule has 0 aliphatic rings. The zero-order valence-corrected chi connectivity index (χ0v) is 18.6. The minimum absolute atomic E-state index is 0.0439. The van der Waals surface area contributed by atoms with Gasteiger partial charge in [-0.3, -0.25) is 24.4 Å². The van der Waals surface area contributed by atoms with Gasteiger partial charge in [0.1, 0.15) is 0 Å². The molecule has 1 N–H and O–H groups in total. The quantitative estimate of drug-likeness (QED) is 0.238. The van der Waals surface area contributed by atoms with Gasteiger partial charge in [0, 0.05) is 23.4 Å². The molecular weight excluding hydrogens is 495 g/mol. The number of halogens is 3. The first-order valence-corrected chi connectivity index (χ1v) is 11.1. The molecular formula is C21H16F3N3O7S. The van der Waals surface area contributed by atoms with E-state index in [-0.39, 0.29) is 28.3 Å². The maximum absolute atomic E-state index is 13.1. The molecule has 0 unspecified atom stereocenters. The van der Waals surface area contributed by atoms with E-state index in [1.807, 2.05) is 0 Å². The highest BCUT2D eigenvalue weighted by atomic mass is 32.2. The van der Waals surface area contributed by atoms with E-state index in [1.165, 1.54) is 36.4 Å². The SMILES string of the molecule is Cc1ccc(S(=O)(=O)OCc2ccccc2Nc2c([N+](=O)[O-])cc(C(F)(F)F)cc2[N+](=O)[O-])cc1. The summed E-state index contributed by atoms with van der Waals surface area (Å²) in [7, 11) is -4.20. The second-order valence-electron chi connectivity index (χ2n) is 7.21. The molecule has 0 spiro atoms. The third kappa shape index (κ3) is 5.91. The summed E-state index contributed by atoms with van der Waals surface area (Å²) in [5.41, 5.74) is -3.85. The lowest BCUT2D eigenvalue weighted by molar-refractivity contribution is -0.392. The molecule has 0 aliphatic heterocycles. The summed E-state index contributed by atoms with van der Waals surface area (Å²) in [4.78, 5) is 20.4. The van der Waals surface area contributed by atoms with Crippen molar-refractivity contribution in [1.29, 1.82) is 0 Å². The largest absolute Gasteiger partial charge is 0.416 e. The van der Waals surface area contributed by atoms with Crippen LogP contribution in [-0.4, -0.2) is 18.3 Å². The Bertz CT molecular complexity index is 1360. The van der Waals surface area contributed by atoms with E-state index in [0.717, 1.165) is 5.56 Å². The minimum Gasteiger partial charge on any atom is -0.344 e. The monoisotopic (exact) mass is 511 g/mol. The molecule has 0 aromatic heterocycles. The van der Waals surface area contributed by atoms with E-state index in [9.17, 15) is 41.8 Å². The number of para-hydroxylation sites is 1. The first-order valence-electron chi connectivity index (χ1n) is 9.64. The second kappa shape index (κ2) is 9.68. The fourth-order valence-corrected chi connectivity index (χ4v) is 3.90. The Labute approximate surface area is 196 Å². The van der Waals surface area contributed by atoms with Gasteiger partial charge in [-0.1, -0.05) is 35.9 Å². The van der Waals surface area contributed by atoms with Gasteiger partial charge in [0.15, 0.2) is 5.69 Å². The number of rotatable bonds is 8. The van der Waals surface area contributed by atoms with Crippen molar-refractivity contribution in [3.8, 4) is 0 Å². The molecule has 3 aromatic carbocycles. The van der Waals surface area contributed by atoms with Crippen LogP contribution in [0.3, 0.4) is 0 Å². The van der Waals surface area contributed by atoms with Gasteiger partial charge in [0.2, 0.25) is 0 Å². The van der Waals surface area contributed by atoms with E-state index in [4.69, 9.17) is 4.18 Å². The number of nitro groups is 2. The summed E-state index contributed by atoms with van der Waals surface area (Å²) in [6.07, 6.45) is -5.07. The van der Waals surface area contributed by atoms with Gasteiger partial charge in [0.25, 0.3) is 21.5 Å². The Hall–Kier alpha value is -4.04. The van der Waals surface area contributed by atoms with Crippen LogP contribution in [0.5, 0.6) is 0 Å². The Morgan fingerprint density at radius 3 is 2.00 bits per heavy atom. The Morgan fingerprint density at radius 1 is 0.943 bits per heavy atom. The van der Waals surface area contributed by atoms with Crippen molar-refractivity contribution in [3.63, 3.8) is 0 Å². The summed E-state index contributed by atoms with van der Waals surface area (Å²) in [6, 6.07) is 11.8. The molecule has 14 heteroatoms. The highest BCUT2D eigenvalue weighted by Crippen LogP contribution is 2.42. The molecule has 0 amide bonds. The molecule has 0 atom stereocenters. The summed E-state index contributed by atoms with van der Waals surface area (Å²) < 4.78 is 69.4. The van der Waals surface area contributed by atoms with Gasteiger partial charge in [0.05, 0.1) is 26.9 Å². The molecule has 10 nitrogen and oxygen atoms in total. The number of nitro benzene ring substituents is 2. The highest BCUT2D eigenvalue weighted by molar-refractivity contribution is 7.86. The Kier molecular flexibility index (Phi) is 7.07. The topological polar surface area (TPSA) is 142 Å². The molecule has 0 radical (unpaired) electrons. The van der Waals surface area contributed by atoms with Gasteiger partial charge >= 0.3 is 6.18 Å². The van der Waals surface area contributed by atoms with E-state index in [2.05, 4.69) is 5.32 Å². The lowest BCUT2D eigenvalue weighted by Crippen LogP contribution is -2.10. The maximum atomic E-state index is 13.1. The smallest absolute Gasteiger partial charge is 0.344 e. The number of nitrogens with one attached hydrogen (secondary N) is 1. The number of anilines is 2. The molecule has 0 bridgehead atoms. The number of aryl methyl sites for hydroxylation is 1.